The Kier molecular flexibility index (Phi) is 17.4. The summed E-state index contributed by atoms with van der Waals surface area (Å²) in [4.78, 5) is 57.1. The van der Waals surface area contributed by atoms with E-state index in [0.29, 0.717) is 25.7 Å². The van der Waals surface area contributed by atoms with Crippen LogP contribution in [-0.4, -0.2) is 59.5 Å². The number of carbonyl (C=O) groups excluding carboxylic acids is 4. The summed E-state index contributed by atoms with van der Waals surface area (Å²) >= 11 is 0. The highest BCUT2D eigenvalue weighted by atomic mass is 16.6. The van der Waals surface area contributed by atoms with Crippen molar-refractivity contribution in [2.75, 3.05) is 13.2 Å². The van der Waals surface area contributed by atoms with Crippen molar-refractivity contribution < 1.29 is 43.2 Å². The molecule has 0 aromatic carbocycles. The number of hydrogen-bond acceptors (Lipinski definition) is 9. The fourth-order valence-electron chi connectivity index (χ4n) is 9.72. The zero-order valence-corrected chi connectivity index (χ0v) is 40.5. The standard InChI is InChI=1S/C49H86O9/c1-22-26-35(24-3)45(17,18)58-38(51)46(19,32-41(7,8)9)43(13,14)33(5)48(21,40(53)57-36-30-37(50)56-31-36)44(15,16)34(6)47(20,42(10,11)12)39(52)55-29-28-49(54,25-4)27-23-2/h22-23,33-36,54H,1-2,24-32H2,3-21H3. The zero-order chi connectivity index (χ0) is 45.7. The van der Waals surface area contributed by atoms with Crippen LogP contribution in [0.15, 0.2) is 25.3 Å². The first kappa shape index (κ1) is 53.3. The third kappa shape index (κ3) is 11.0. The molecule has 336 valence electrons. The van der Waals surface area contributed by atoms with Crippen LogP contribution >= 0.6 is 0 Å². The highest BCUT2D eigenvalue weighted by molar-refractivity contribution is 5.82. The second-order valence-electron chi connectivity index (χ2n) is 22.1. The largest absolute Gasteiger partial charge is 0.465 e. The van der Waals surface area contributed by atoms with Gasteiger partial charge < -0.3 is 24.1 Å². The molecule has 0 bridgehead atoms. The van der Waals surface area contributed by atoms with Crippen molar-refractivity contribution in [3.05, 3.63) is 25.3 Å². The van der Waals surface area contributed by atoms with E-state index in [1.807, 2.05) is 110 Å². The number of carbonyl (C=O) groups is 4. The molecule has 1 aliphatic rings. The normalized spacial score (nSPS) is 21.4. The lowest BCUT2D eigenvalue weighted by atomic mass is 9.42. The quantitative estimate of drug-likeness (QED) is 0.0645. The Morgan fingerprint density at radius 1 is 0.810 bits per heavy atom. The highest BCUT2D eigenvalue weighted by Crippen LogP contribution is 2.65. The molecule has 0 amide bonds. The minimum absolute atomic E-state index is 0.0174. The molecule has 1 rings (SSSR count). The van der Waals surface area contributed by atoms with Gasteiger partial charge in [-0.25, -0.2) is 0 Å². The Bertz CT molecular complexity index is 1460. The number of allylic oxidation sites excluding steroid dienone is 1. The van der Waals surface area contributed by atoms with E-state index in [4.69, 9.17) is 18.9 Å². The average Bonchev–Trinajstić information content (AvgIpc) is 3.50. The second kappa shape index (κ2) is 18.9. The van der Waals surface area contributed by atoms with Gasteiger partial charge in [0, 0.05) is 12.3 Å². The summed E-state index contributed by atoms with van der Waals surface area (Å²) < 4.78 is 24.1. The molecular weight excluding hydrogens is 733 g/mol. The summed E-state index contributed by atoms with van der Waals surface area (Å²) in [7, 11) is 0. The SMILES string of the molecule is C=CCC(CC)C(C)(C)OC(=O)C(C)(CC(C)(C)C)C(C)(C)C(C)C(C)(C(=O)OC1COC(=O)C1)C(C)(C)C(C)C(C)(C(=O)OCCC(O)(CC)CC=C)C(C)(C)C. The molecule has 9 nitrogen and oxygen atoms in total. The number of esters is 4. The van der Waals surface area contributed by atoms with Crippen molar-refractivity contribution >= 4 is 23.9 Å². The lowest BCUT2D eigenvalue weighted by molar-refractivity contribution is -0.211. The summed E-state index contributed by atoms with van der Waals surface area (Å²) in [6.07, 6.45) is 5.77. The van der Waals surface area contributed by atoms with Crippen LogP contribution in [0.2, 0.25) is 0 Å². The number of hydrogen-bond donors (Lipinski definition) is 1. The molecule has 1 fully saturated rings. The van der Waals surface area contributed by atoms with Gasteiger partial charge in [-0.2, -0.15) is 0 Å². The molecule has 0 aliphatic carbocycles. The number of ether oxygens (including phenoxy) is 4. The van der Waals surface area contributed by atoms with E-state index in [9.17, 15) is 14.7 Å². The van der Waals surface area contributed by atoms with E-state index in [1.165, 1.54) is 0 Å². The minimum Gasteiger partial charge on any atom is -0.465 e. The molecular formula is C49H86O9. The molecule has 0 spiro atoms. The maximum Gasteiger partial charge on any atom is 0.313 e. The topological polar surface area (TPSA) is 125 Å². The van der Waals surface area contributed by atoms with Crippen molar-refractivity contribution in [2.24, 2.45) is 55.7 Å². The van der Waals surface area contributed by atoms with E-state index in [0.717, 1.165) is 6.42 Å². The number of cyclic esters (lactones) is 1. The first-order valence-electron chi connectivity index (χ1n) is 21.8. The second-order valence-corrected chi connectivity index (χ2v) is 22.1. The van der Waals surface area contributed by atoms with Gasteiger partial charge in [-0.1, -0.05) is 109 Å². The summed E-state index contributed by atoms with van der Waals surface area (Å²) in [6.45, 7) is 45.8. The van der Waals surface area contributed by atoms with Crippen molar-refractivity contribution in [1.29, 1.82) is 0 Å². The summed E-state index contributed by atoms with van der Waals surface area (Å²) in [5.41, 5.74) is -8.39. The van der Waals surface area contributed by atoms with Gasteiger partial charge in [0.1, 0.15) is 18.3 Å². The molecule has 1 heterocycles. The van der Waals surface area contributed by atoms with Crippen LogP contribution in [0, 0.1) is 55.7 Å². The van der Waals surface area contributed by atoms with E-state index in [2.05, 4.69) is 40.9 Å². The minimum atomic E-state index is -1.37. The number of rotatable bonds is 22. The maximum atomic E-state index is 15.2. The van der Waals surface area contributed by atoms with Crippen molar-refractivity contribution in [2.45, 2.75) is 194 Å². The predicted molar refractivity (Wildman–Crippen MR) is 234 cm³/mol. The molecule has 8 atom stereocenters. The lowest BCUT2D eigenvalue weighted by Crippen LogP contribution is -2.63. The van der Waals surface area contributed by atoms with Crippen LogP contribution in [0.3, 0.4) is 0 Å². The molecule has 1 N–H and O–H groups in total. The van der Waals surface area contributed by atoms with Crippen LogP contribution in [0.25, 0.3) is 0 Å². The van der Waals surface area contributed by atoms with E-state index >= 15 is 9.59 Å². The molecule has 58 heavy (non-hydrogen) atoms. The monoisotopic (exact) mass is 819 g/mol. The van der Waals surface area contributed by atoms with Gasteiger partial charge in [0.15, 0.2) is 0 Å². The summed E-state index contributed by atoms with van der Waals surface area (Å²) in [5.74, 6) is -2.77. The average molecular weight is 819 g/mol. The van der Waals surface area contributed by atoms with Gasteiger partial charge in [-0.3, -0.25) is 19.2 Å². The molecule has 0 saturated carbocycles. The Morgan fingerprint density at radius 2 is 1.34 bits per heavy atom. The highest BCUT2D eigenvalue weighted by Gasteiger charge is 2.67. The van der Waals surface area contributed by atoms with Crippen LogP contribution in [0.1, 0.15) is 176 Å². The lowest BCUT2D eigenvalue weighted by Gasteiger charge is -2.60. The van der Waals surface area contributed by atoms with Crippen molar-refractivity contribution in [1.82, 2.24) is 0 Å². The first-order chi connectivity index (χ1) is 26.1. The van der Waals surface area contributed by atoms with E-state index in [1.54, 1.807) is 6.08 Å². The molecule has 0 radical (unpaired) electrons. The van der Waals surface area contributed by atoms with Gasteiger partial charge >= 0.3 is 23.9 Å². The smallest absolute Gasteiger partial charge is 0.313 e. The molecule has 1 saturated heterocycles. The number of aliphatic hydroxyl groups is 1. The van der Waals surface area contributed by atoms with E-state index < -0.39 is 79.5 Å². The molecule has 0 aromatic heterocycles. The molecule has 9 heteroatoms. The predicted octanol–water partition coefficient (Wildman–Crippen LogP) is 11.2. The van der Waals surface area contributed by atoms with Crippen LogP contribution in [0.4, 0.5) is 0 Å². The third-order valence-corrected chi connectivity index (χ3v) is 15.8. The summed E-state index contributed by atoms with van der Waals surface area (Å²) in [6, 6.07) is 0. The van der Waals surface area contributed by atoms with Gasteiger partial charge in [-0.15, -0.1) is 13.2 Å². The summed E-state index contributed by atoms with van der Waals surface area (Å²) in [5, 5.41) is 11.1. The van der Waals surface area contributed by atoms with Crippen LogP contribution in [-0.2, 0) is 38.1 Å². The third-order valence-electron chi connectivity index (χ3n) is 15.8. The molecule has 1 aliphatic heterocycles. The van der Waals surface area contributed by atoms with Crippen molar-refractivity contribution in [3.8, 4) is 0 Å². The first-order valence-corrected chi connectivity index (χ1v) is 21.8. The Hall–Kier alpha value is -2.68. The molecule has 0 aromatic rings. The van der Waals surface area contributed by atoms with Crippen molar-refractivity contribution in [3.63, 3.8) is 0 Å². The Labute approximate surface area is 354 Å². The van der Waals surface area contributed by atoms with E-state index in [-0.39, 0.29) is 43.4 Å². The van der Waals surface area contributed by atoms with Gasteiger partial charge in [0.05, 0.1) is 34.9 Å². The molecule has 8 unspecified atom stereocenters. The zero-order valence-electron chi connectivity index (χ0n) is 40.5. The maximum absolute atomic E-state index is 15.2. The van der Waals surface area contributed by atoms with Gasteiger partial charge in [-0.05, 0) is 100 Å². The fourth-order valence-corrected chi connectivity index (χ4v) is 9.72. The fraction of sp³-hybridized carbons (Fsp3) is 0.837. The van der Waals surface area contributed by atoms with Gasteiger partial charge in [0.25, 0.3) is 0 Å². The van der Waals surface area contributed by atoms with Crippen LogP contribution in [0.5, 0.6) is 0 Å². The Balaban J connectivity index is 4.11. The van der Waals surface area contributed by atoms with Gasteiger partial charge in [0.2, 0.25) is 0 Å². The Morgan fingerprint density at radius 3 is 1.76 bits per heavy atom. The van der Waals surface area contributed by atoms with Crippen LogP contribution < -0.4 is 0 Å².